The van der Waals surface area contributed by atoms with E-state index in [0.29, 0.717) is 6.04 Å². The van der Waals surface area contributed by atoms with Gasteiger partial charge in [0.25, 0.3) is 0 Å². The molecule has 2 rings (SSSR count). The largest absolute Gasteiger partial charge is 0.493 e. The molecule has 1 heterocycles. The summed E-state index contributed by atoms with van der Waals surface area (Å²) in [4.78, 5) is 0. The first kappa shape index (κ1) is 12.2. The van der Waals surface area contributed by atoms with Crippen LogP contribution in [-0.2, 0) is 0 Å². The van der Waals surface area contributed by atoms with Gasteiger partial charge < -0.3 is 10.1 Å². The first-order chi connectivity index (χ1) is 7.81. The van der Waals surface area contributed by atoms with Crippen molar-refractivity contribution in [2.45, 2.75) is 32.2 Å². The minimum Gasteiger partial charge on any atom is -0.493 e. The molecule has 0 saturated carbocycles. The van der Waals surface area contributed by atoms with Crippen molar-refractivity contribution in [1.82, 2.24) is 5.32 Å². The van der Waals surface area contributed by atoms with E-state index in [4.69, 9.17) is 4.74 Å². The predicted molar refractivity (Wildman–Crippen MR) is 74.9 cm³/mol. The van der Waals surface area contributed by atoms with Crippen LogP contribution in [0.15, 0.2) is 18.2 Å². The smallest absolute Gasteiger partial charge is 0.124 e. The Morgan fingerprint density at radius 2 is 2.38 bits per heavy atom. The molecule has 0 saturated heterocycles. The molecule has 3 heteroatoms. The van der Waals surface area contributed by atoms with Crippen molar-refractivity contribution in [2.75, 3.05) is 13.2 Å². The first-order valence-electron chi connectivity index (χ1n) is 5.97. The van der Waals surface area contributed by atoms with Crippen LogP contribution in [0.3, 0.4) is 0 Å². The van der Waals surface area contributed by atoms with Gasteiger partial charge in [0.05, 0.1) is 6.61 Å². The van der Waals surface area contributed by atoms with Crippen LogP contribution in [-0.4, -0.2) is 13.2 Å². The van der Waals surface area contributed by atoms with Crippen molar-refractivity contribution in [3.63, 3.8) is 0 Å². The van der Waals surface area contributed by atoms with E-state index in [1.807, 2.05) is 0 Å². The molecule has 0 aromatic heterocycles. The molecular formula is C13H18INO. The van der Waals surface area contributed by atoms with Crippen LogP contribution >= 0.6 is 22.6 Å². The number of fused-ring (bicyclic) bond motifs is 1. The van der Waals surface area contributed by atoms with Crippen molar-refractivity contribution in [1.29, 1.82) is 0 Å². The van der Waals surface area contributed by atoms with E-state index in [-0.39, 0.29) is 0 Å². The van der Waals surface area contributed by atoms with Crippen molar-refractivity contribution < 1.29 is 4.74 Å². The molecule has 0 bridgehead atoms. The van der Waals surface area contributed by atoms with Crippen LogP contribution in [0.2, 0.25) is 0 Å². The molecular weight excluding hydrogens is 313 g/mol. The average Bonchev–Trinajstić information content (AvgIpc) is 2.48. The minimum absolute atomic E-state index is 0.465. The van der Waals surface area contributed by atoms with Crippen LogP contribution in [0.4, 0.5) is 0 Å². The van der Waals surface area contributed by atoms with Gasteiger partial charge in [-0.2, -0.15) is 0 Å². The Morgan fingerprint density at radius 1 is 1.50 bits per heavy atom. The number of ether oxygens (including phenoxy) is 1. The second kappa shape index (κ2) is 5.87. The molecule has 1 aromatic rings. The lowest BCUT2D eigenvalue weighted by Gasteiger charge is -2.18. The van der Waals surface area contributed by atoms with Gasteiger partial charge in [-0.1, -0.05) is 6.92 Å². The minimum atomic E-state index is 0.465. The van der Waals surface area contributed by atoms with E-state index in [2.05, 4.69) is 53.0 Å². The second-order valence-corrected chi connectivity index (χ2v) is 5.43. The predicted octanol–water partition coefficient (Wildman–Crippen LogP) is 3.50. The van der Waals surface area contributed by atoms with Gasteiger partial charge >= 0.3 is 0 Å². The molecule has 2 nitrogen and oxygen atoms in total. The normalized spacial score (nSPS) is 19.8. The fourth-order valence-electron chi connectivity index (χ4n) is 2.08. The lowest BCUT2D eigenvalue weighted by Crippen LogP contribution is -2.21. The van der Waals surface area contributed by atoms with Gasteiger partial charge in [-0.05, 0) is 66.6 Å². The second-order valence-electron chi connectivity index (χ2n) is 4.18. The van der Waals surface area contributed by atoms with Crippen LogP contribution < -0.4 is 10.1 Å². The van der Waals surface area contributed by atoms with Crippen molar-refractivity contribution in [3.05, 3.63) is 27.3 Å². The zero-order chi connectivity index (χ0) is 11.4. The molecule has 88 valence electrons. The Hall–Kier alpha value is -0.290. The van der Waals surface area contributed by atoms with E-state index in [9.17, 15) is 0 Å². The summed E-state index contributed by atoms with van der Waals surface area (Å²) < 4.78 is 7.05. The van der Waals surface area contributed by atoms with Crippen molar-refractivity contribution in [2.24, 2.45) is 0 Å². The SMILES string of the molecule is CCCNC1CCCOc2ccc(I)cc21. The van der Waals surface area contributed by atoms with E-state index in [1.165, 1.54) is 22.0 Å². The molecule has 1 atom stereocenters. The summed E-state index contributed by atoms with van der Waals surface area (Å²) in [5.74, 6) is 1.06. The summed E-state index contributed by atoms with van der Waals surface area (Å²) in [6.07, 6.45) is 3.48. The fraction of sp³-hybridized carbons (Fsp3) is 0.538. The van der Waals surface area contributed by atoms with E-state index in [1.54, 1.807) is 0 Å². The van der Waals surface area contributed by atoms with Gasteiger partial charge in [0.2, 0.25) is 0 Å². The highest BCUT2D eigenvalue weighted by molar-refractivity contribution is 14.1. The number of nitrogens with one attached hydrogen (secondary N) is 1. The van der Waals surface area contributed by atoms with Crippen molar-refractivity contribution in [3.8, 4) is 5.75 Å². The number of hydrogen-bond acceptors (Lipinski definition) is 2. The third-order valence-electron chi connectivity index (χ3n) is 2.88. The fourth-order valence-corrected chi connectivity index (χ4v) is 2.59. The number of halogens is 1. The molecule has 1 aromatic carbocycles. The van der Waals surface area contributed by atoms with E-state index >= 15 is 0 Å². The molecule has 0 amide bonds. The maximum absolute atomic E-state index is 5.77. The van der Waals surface area contributed by atoms with E-state index in [0.717, 1.165) is 25.3 Å². The topological polar surface area (TPSA) is 21.3 Å². The zero-order valence-corrected chi connectivity index (χ0v) is 11.8. The Bertz CT molecular complexity index is 354. The maximum Gasteiger partial charge on any atom is 0.124 e. The number of hydrogen-bond donors (Lipinski definition) is 1. The average molecular weight is 331 g/mol. The molecule has 0 radical (unpaired) electrons. The number of rotatable bonds is 3. The van der Waals surface area contributed by atoms with E-state index < -0.39 is 0 Å². The summed E-state index contributed by atoms with van der Waals surface area (Å²) in [6, 6.07) is 6.92. The third-order valence-corrected chi connectivity index (χ3v) is 3.55. The highest BCUT2D eigenvalue weighted by atomic mass is 127. The van der Waals surface area contributed by atoms with Gasteiger partial charge in [0.15, 0.2) is 0 Å². The van der Waals surface area contributed by atoms with Crippen LogP contribution in [0.25, 0.3) is 0 Å². The molecule has 0 aliphatic carbocycles. The van der Waals surface area contributed by atoms with Gasteiger partial charge in [0, 0.05) is 15.2 Å². The standard InChI is InChI=1S/C13H18INO/c1-2-7-15-12-4-3-8-16-13-6-5-10(14)9-11(12)13/h5-6,9,12,15H,2-4,7-8H2,1H3. The first-order valence-corrected chi connectivity index (χ1v) is 7.04. The Kier molecular flexibility index (Phi) is 4.46. The van der Waals surface area contributed by atoms with Gasteiger partial charge in [-0.15, -0.1) is 0 Å². The summed E-state index contributed by atoms with van der Waals surface area (Å²) in [5.41, 5.74) is 1.33. The Labute approximate surface area is 111 Å². The lowest BCUT2D eigenvalue weighted by molar-refractivity contribution is 0.315. The van der Waals surface area contributed by atoms with Crippen LogP contribution in [0, 0.1) is 3.57 Å². The molecule has 16 heavy (non-hydrogen) atoms. The Morgan fingerprint density at radius 3 is 3.19 bits per heavy atom. The van der Waals surface area contributed by atoms with Gasteiger partial charge in [0.1, 0.15) is 5.75 Å². The number of benzene rings is 1. The van der Waals surface area contributed by atoms with Gasteiger partial charge in [-0.3, -0.25) is 0 Å². The Balaban J connectivity index is 2.24. The molecule has 1 unspecified atom stereocenters. The lowest BCUT2D eigenvalue weighted by atomic mass is 10.0. The summed E-state index contributed by atoms with van der Waals surface area (Å²) >= 11 is 2.36. The molecule has 1 aliphatic rings. The monoisotopic (exact) mass is 331 g/mol. The third kappa shape index (κ3) is 2.88. The zero-order valence-electron chi connectivity index (χ0n) is 9.63. The quantitative estimate of drug-likeness (QED) is 0.856. The van der Waals surface area contributed by atoms with Crippen molar-refractivity contribution >= 4 is 22.6 Å². The summed E-state index contributed by atoms with van der Waals surface area (Å²) in [5, 5.41) is 3.61. The molecule has 1 aliphatic heterocycles. The van der Waals surface area contributed by atoms with Crippen LogP contribution in [0.5, 0.6) is 5.75 Å². The summed E-state index contributed by atoms with van der Waals surface area (Å²) in [6.45, 7) is 4.13. The van der Waals surface area contributed by atoms with Crippen LogP contribution in [0.1, 0.15) is 37.8 Å². The molecule has 1 N–H and O–H groups in total. The molecule has 0 spiro atoms. The maximum atomic E-state index is 5.77. The summed E-state index contributed by atoms with van der Waals surface area (Å²) in [7, 11) is 0. The highest BCUT2D eigenvalue weighted by Crippen LogP contribution is 2.32. The molecule has 0 fully saturated rings. The van der Waals surface area contributed by atoms with Gasteiger partial charge in [-0.25, -0.2) is 0 Å². The highest BCUT2D eigenvalue weighted by Gasteiger charge is 2.19.